The predicted molar refractivity (Wildman–Crippen MR) is 65.8 cm³/mol. The first-order chi connectivity index (χ1) is 7.63. The summed E-state index contributed by atoms with van der Waals surface area (Å²) < 4.78 is 10.4. The van der Waals surface area contributed by atoms with Gasteiger partial charge in [-0.25, -0.2) is 0 Å². The van der Waals surface area contributed by atoms with Crippen LogP contribution in [0, 0.1) is 0 Å². The summed E-state index contributed by atoms with van der Waals surface area (Å²) in [6.45, 7) is 7.72. The van der Waals surface area contributed by atoms with E-state index in [0.717, 1.165) is 13.2 Å². The summed E-state index contributed by atoms with van der Waals surface area (Å²) in [6, 6.07) is 1.72. The molecule has 1 aliphatic heterocycles. The van der Waals surface area contributed by atoms with Gasteiger partial charge in [0.25, 0.3) is 0 Å². The highest BCUT2D eigenvalue weighted by Crippen LogP contribution is 2.15. The molecular weight excluding hydrogens is 204 g/mol. The van der Waals surface area contributed by atoms with Crippen LogP contribution in [0.4, 0.5) is 0 Å². The van der Waals surface area contributed by atoms with E-state index in [0.29, 0.717) is 31.3 Å². The van der Waals surface area contributed by atoms with Gasteiger partial charge >= 0.3 is 0 Å². The van der Waals surface area contributed by atoms with Crippen molar-refractivity contribution in [1.82, 2.24) is 10.2 Å². The molecule has 1 fully saturated rings. The SMILES string of the molecule is COCCOCC(C)NC1CC(C)N(C)C1. The molecule has 4 heteroatoms. The Hall–Kier alpha value is -0.160. The molecule has 0 aromatic heterocycles. The van der Waals surface area contributed by atoms with Gasteiger partial charge in [0.15, 0.2) is 0 Å². The minimum absolute atomic E-state index is 0.417. The molecule has 0 aromatic carbocycles. The molecule has 3 atom stereocenters. The van der Waals surface area contributed by atoms with Crippen molar-refractivity contribution in [3.8, 4) is 0 Å². The molecule has 1 rings (SSSR count). The van der Waals surface area contributed by atoms with Gasteiger partial charge in [-0.05, 0) is 27.3 Å². The van der Waals surface area contributed by atoms with Crippen molar-refractivity contribution >= 4 is 0 Å². The molecule has 0 aliphatic carbocycles. The first-order valence-electron chi connectivity index (χ1n) is 6.16. The number of likely N-dealkylation sites (N-methyl/N-ethyl adjacent to an activating group) is 1. The van der Waals surface area contributed by atoms with E-state index in [4.69, 9.17) is 9.47 Å². The second-order valence-electron chi connectivity index (χ2n) is 4.86. The molecule has 4 nitrogen and oxygen atoms in total. The zero-order valence-corrected chi connectivity index (χ0v) is 11.0. The number of likely N-dealkylation sites (tertiary alicyclic amines) is 1. The molecule has 0 amide bonds. The van der Waals surface area contributed by atoms with Crippen molar-refractivity contribution in [2.45, 2.75) is 38.4 Å². The zero-order chi connectivity index (χ0) is 12.0. The summed E-state index contributed by atoms with van der Waals surface area (Å²) in [5.74, 6) is 0. The lowest BCUT2D eigenvalue weighted by molar-refractivity contribution is 0.0595. The fourth-order valence-electron chi connectivity index (χ4n) is 2.17. The monoisotopic (exact) mass is 230 g/mol. The Bertz CT molecular complexity index is 180. The smallest absolute Gasteiger partial charge is 0.0701 e. The van der Waals surface area contributed by atoms with Gasteiger partial charge in [-0.3, -0.25) is 0 Å². The number of ether oxygens (including phenoxy) is 2. The molecule has 16 heavy (non-hydrogen) atoms. The molecule has 0 bridgehead atoms. The Morgan fingerprint density at radius 3 is 2.75 bits per heavy atom. The maximum atomic E-state index is 5.50. The van der Waals surface area contributed by atoms with E-state index < -0.39 is 0 Å². The lowest BCUT2D eigenvalue weighted by Gasteiger charge is -2.19. The van der Waals surface area contributed by atoms with Crippen LogP contribution in [-0.4, -0.2) is 63.5 Å². The predicted octanol–water partition coefficient (Wildman–Crippen LogP) is 0.720. The fraction of sp³-hybridized carbons (Fsp3) is 1.00. The first kappa shape index (κ1) is 13.9. The number of nitrogens with one attached hydrogen (secondary N) is 1. The fourth-order valence-corrected chi connectivity index (χ4v) is 2.17. The van der Waals surface area contributed by atoms with Crippen LogP contribution < -0.4 is 5.32 Å². The summed E-state index contributed by atoms with van der Waals surface area (Å²) in [5, 5.41) is 3.61. The molecule has 0 saturated carbocycles. The number of hydrogen-bond acceptors (Lipinski definition) is 4. The number of methoxy groups -OCH3 is 1. The Morgan fingerprint density at radius 1 is 1.44 bits per heavy atom. The van der Waals surface area contributed by atoms with Crippen molar-refractivity contribution in [1.29, 1.82) is 0 Å². The summed E-state index contributed by atoms with van der Waals surface area (Å²) in [6.07, 6.45) is 1.24. The second kappa shape index (κ2) is 7.22. The third kappa shape index (κ3) is 4.78. The van der Waals surface area contributed by atoms with Crippen LogP contribution in [0.15, 0.2) is 0 Å². The Kier molecular flexibility index (Phi) is 6.28. The van der Waals surface area contributed by atoms with Gasteiger partial charge in [0.2, 0.25) is 0 Å². The molecule has 96 valence electrons. The average Bonchev–Trinajstić information content (AvgIpc) is 2.53. The molecule has 1 N–H and O–H groups in total. The number of hydrogen-bond donors (Lipinski definition) is 1. The van der Waals surface area contributed by atoms with E-state index in [9.17, 15) is 0 Å². The normalized spacial score (nSPS) is 28.5. The lowest BCUT2D eigenvalue weighted by atomic mass is 10.2. The Balaban J connectivity index is 2.08. The van der Waals surface area contributed by atoms with E-state index in [-0.39, 0.29) is 0 Å². The summed E-state index contributed by atoms with van der Waals surface area (Å²) in [5.41, 5.74) is 0. The third-order valence-corrected chi connectivity index (χ3v) is 3.21. The van der Waals surface area contributed by atoms with Crippen LogP contribution in [0.1, 0.15) is 20.3 Å². The van der Waals surface area contributed by atoms with Gasteiger partial charge in [0, 0.05) is 31.8 Å². The van der Waals surface area contributed by atoms with Crippen molar-refractivity contribution in [3.05, 3.63) is 0 Å². The van der Waals surface area contributed by atoms with E-state index >= 15 is 0 Å². The zero-order valence-electron chi connectivity index (χ0n) is 11.0. The highest BCUT2D eigenvalue weighted by molar-refractivity contribution is 4.86. The maximum absolute atomic E-state index is 5.50. The second-order valence-corrected chi connectivity index (χ2v) is 4.86. The topological polar surface area (TPSA) is 33.7 Å². The Labute approximate surface area is 99.3 Å². The third-order valence-electron chi connectivity index (χ3n) is 3.21. The minimum atomic E-state index is 0.417. The summed E-state index contributed by atoms with van der Waals surface area (Å²) >= 11 is 0. The van der Waals surface area contributed by atoms with Gasteiger partial charge in [-0.15, -0.1) is 0 Å². The van der Waals surface area contributed by atoms with Crippen molar-refractivity contribution in [2.24, 2.45) is 0 Å². The lowest BCUT2D eigenvalue weighted by Crippen LogP contribution is -2.40. The standard InChI is InChI=1S/C12H26N2O2/c1-10(9-16-6-5-15-4)13-12-7-11(2)14(3)8-12/h10-13H,5-9H2,1-4H3. The van der Waals surface area contributed by atoms with Gasteiger partial charge < -0.3 is 19.7 Å². The molecule has 1 heterocycles. The molecule has 1 saturated heterocycles. The number of rotatable bonds is 7. The summed E-state index contributed by atoms with van der Waals surface area (Å²) in [4.78, 5) is 2.40. The van der Waals surface area contributed by atoms with Crippen LogP contribution in [-0.2, 0) is 9.47 Å². The molecular formula is C12H26N2O2. The number of nitrogens with zero attached hydrogens (tertiary/aromatic N) is 1. The van der Waals surface area contributed by atoms with Gasteiger partial charge in [0.1, 0.15) is 0 Å². The van der Waals surface area contributed by atoms with E-state index in [1.54, 1.807) is 7.11 Å². The van der Waals surface area contributed by atoms with Gasteiger partial charge in [0.05, 0.1) is 19.8 Å². The van der Waals surface area contributed by atoms with Crippen LogP contribution in [0.2, 0.25) is 0 Å². The first-order valence-corrected chi connectivity index (χ1v) is 6.16. The Morgan fingerprint density at radius 2 is 2.19 bits per heavy atom. The van der Waals surface area contributed by atoms with Crippen molar-refractivity contribution < 1.29 is 9.47 Å². The molecule has 0 aromatic rings. The quantitative estimate of drug-likeness (QED) is 0.654. The molecule has 3 unspecified atom stereocenters. The van der Waals surface area contributed by atoms with E-state index in [1.165, 1.54) is 6.42 Å². The van der Waals surface area contributed by atoms with Crippen LogP contribution in [0.25, 0.3) is 0 Å². The van der Waals surface area contributed by atoms with Gasteiger partial charge in [-0.1, -0.05) is 0 Å². The van der Waals surface area contributed by atoms with Crippen LogP contribution in [0.3, 0.4) is 0 Å². The minimum Gasteiger partial charge on any atom is -0.382 e. The highest BCUT2D eigenvalue weighted by Gasteiger charge is 2.26. The van der Waals surface area contributed by atoms with Gasteiger partial charge in [-0.2, -0.15) is 0 Å². The van der Waals surface area contributed by atoms with Crippen molar-refractivity contribution in [2.75, 3.05) is 40.5 Å². The molecule has 1 aliphatic rings. The molecule has 0 spiro atoms. The van der Waals surface area contributed by atoms with Crippen LogP contribution >= 0.6 is 0 Å². The summed E-state index contributed by atoms with van der Waals surface area (Å²) in [7, 11) is 3.88. The largest absolute Gasteiger partial charge is 0.382 e. The van der Waals surface area contributed by atoms with Crippen LogP contribution in [0.5, 0.6) is 0 Å². The highest BCUT2D eigenvalue weighted by atomic mass is 16.5. The maximum Gasteiger partial charge on any atom is 0.0701 e. The van der Waals surface area contributed by atoms with E-state index in [2.05, 4.69) is 31.1 Å². The van der Waals surface area contributed by atoms with Crippen molar-refractivity contribution in [3.63, 3.8) is 0 Å². The molecule has 0 radical (unpaired) electrons. The van der Waals surface area contributed by atoms with E-state index in [1.807, 2.05) is 0 Å². The average molecular weight is 230 g/mol.